The summed E-state index contributed by atoms with van der Waals surface area (Å²) < 4.78 is 0. The molecule has 19 heavy (non-hydrogen) atoms. The summed E-state index contributed by atoms with van der Waals surface area (Å²) in [6, 6.07) is 16.0. The van der Waals surface area contributed by atoms with Crippen LogP contribution in [0.4, 0.5) is 11.4 Å². The van der Waals surface area contributed by atoms with Gasteiger partial charge in [-0.3, -0.25) is 0 Å². The van der Waals surface area contributed by atoms with Crippen LogP contribution in [-0.4, -0.2) is 7.05 Å². The maximum Gasteiger partial charge on any atom is 0.101 e. The van der Waals surface area contributed by atoms with E-state index in [9.17, 15) is 0 Å². The third kappa shape index (κ3) is 2.86. The average molecular weight is 251 g/mol. The second-order valence-corrected chi connectivity index (χ2v) is 4.70. The van der Waals surface area contributed by atoms with E-state index in [4.69, 9.17) is 11.0 Å². The second kappa shape index (κ2) is 5.45. The zero-order valence-electron chi connectivity index (χ0n) is 11.2. The molecular formula is C16H17N3. The minimum atomic E-state index is 0.522. The number of nitrogens with two attached hydrogens (primary N) is 1. The van der Waals surface area contributed by atoms with Crippen LogP contribution in [-0.2, 0) is 6.54 Å². The molecule has 0 bridgehead atoms. The van der Waals surface area contributed by atoms with Crippen molar-refractivity contribution in [3.05, 3.63) is 59.2 Å². The predicted molar refractivity (Wildman–Crippen MR) is 78.9 cm³/mol. The molecule has 0 atom stereocenters. The summed E-state index contributed by atoms with van der Waals surface area (Å²) in [6.45, 7) is 2.84. The Hall–Kier alpha value is -2.47. The monoisotopic (exact) mass is 251 g/mol. The van der Waals surface area contributed by atoms with Gasteiger partial charge in [-0.25, -0.2) is 0 Å². The smallest absolute Gasteiger partial charge is 0.101 e. The molecule has 2 aromatic rings. The van der Waals surface area contributed by atoms with Gasteiger partial charge >= 0.3 is 0 Å². The zero-order chi connectivity index (χ0) is 13.8. The van der Waals surface area contributed by atoms with Crippen molar-refractivity contribution in [2.24, 2.45) is 0 Å². The number of hydrogen-bond acceptors (Lipinski definition) is 3. The molecule has 0 radical (unpaired) electrons. The van der Waals surface area contributed by atoms with E-state index in [0.717, 1.165) is 12.2 Å². The Bertz CT molecular complexity index is 626. The molecular weight excluding hydrogens is 234 g/mol. The summed E-state index contributed by atoms with van der Waals surface area (Å²) in [5.74, 6) is 0. The summed E-state index contributed by atoms with van der Waals surface area (Å²) in [7, 11) is 1.98. The quantitative estimate of drug-likeness (QED) is 0.853. The number of nitrogens with zero attached hydrogens (tertiary/aromatic N) is 2. The highest BCUT2D eigenvalue weighted by molar-refractivity contribution is 5.73. The molecule has 2 aromatic carbocycles. The molecule has 0 aliphatic carbocycles. The number of nitrogen functional groups attached to an aromatic ring is 1. The molecule has 0 aromatic heterocycles. The first-order valence-electron chi connectivity index (χ1n) is 6.17. The summed E-state index contributed by atoms with van der Waals surface area (Å²) >= 11 is 0. The number of aryl methyl sites for hydroxylation is 1. The Labute approximate surface area is 113 Å². The summed E-state index contributed by atoms with van der Waals surface area (Å²) in [5, 5.41) is 9.00. The molecule has 2 rings (SSSR count). The molecule has 3 nitrogen and oxygen atoms in total. The van der Waals surface area contributed by atoms with E-state index in [1.54, 1.807) is 6.07 Å². The fraction of sp³-hybridized carbons (Fsp3) is 0.188. The van der Waals surface area contributed by atoms with Crippen molar-refractivity contribution in [3.63, 3.8) is 0 Å². The van der Waals surface area contributed by atoms with Gasteiger partial charge in [0.25, 0.3) is 0 Å². The summed E-state index contributed by atoms with van der Waals surface area (Å²) in [5.41, 5.74) is 10.4. The standard InChI is InChI=1S/C16H17N3/c1-12-5-3-6-13(9-12)11-19(2)15-8-4-7-14(10-17)16(15)18/h3-9H,11,18H2,1-2H3. The molecule has 0 aliphatic rings. The molecule has 0 spiro atoms. The van der Waals surface area contributed by atoms with Crippen molar-refractivity contribution in [1.82, 2.24) is 0 Å². The molecule has 0 amide bonds. The van der Waals surface area contributed by atoms with Gasteiger partial charge in [-0.1, -0.05) is 35.9 Å². The highest BCUT2D eigenvalue weighted by Crippen LogP contribution is 2.26. The van der Waals surface area contributed by atoms with Crippen molar-refractivity contribution in [1.29, 1.82) is 5.26 Å². The summed E-state index contributed by atoms with van der Waals surface area (Å²) in [4.78, 5) is 2.06. The van der Waals surface area contributed by atoms with Gasteiger partial charge in [0.15, 0.2) is 0 Å². The molecule has 0 unspecified atom stereocenters. The van der Waals surface area contributed by atoms with Gasteiger partial charge in [-0.05, 0) is 24.6 Å². The first-order chi connectivity index (χ1) is 9.11. The second-order valence-electron chi connectivity index (χ2n) is 4.70. The lowest BCUT2D eigenvalue weighted by Gasteiger charge is -2.21. The van der Waals surface area contributed by atoms with Gasteiger partial charge < -0.3 is 10.6 Å². The summed E-state index contributed by atoms with van der Waals surface area (Å²) in [6.07, 6.45) is 0. The van der Waals surface area contributed by atoms with Crippen molar-refractivity contribution >= 4 is 11.4 Å². The topological polar surface area (TPSA) is 53.0 Å². The van der Waals surface area contributed by atoms with Crippen molar-refractivity contribution in [3.8, 4) is 6.07 Å². The van der Waals surface area contributed by atoms with Gasteiger partial charge in [0, 0.05) is 13.6 Å². The highest BCUT2D eigenvalue weighted by Gasteiger charge is 2.09. The first kappa shape index (κ1) is 13.0. The average Bonchev–Trinajstić information content (AvgIpc) is 2.39. The van der Waals surface area contributed by atoms with Crippen LogP contribution >= 0.6 is 0 Å². The molecule has 3 heteroatoms. The lowest BCUT2D eigenvalue weighted by Crippen LogP contribution is -2.18. The molecule has 2 N–H and O–H groups in total. The Morgan fingerprint density at radius 1 is 1.21 bits per heavy atom. The van der Waals surface area contributed by atoms with E-state index in [1.165, 1.54) is 11.1 Å². The third-order valence-electron chi connectivity index (χ3n) is 3.12. The van der Waals surface area contributed by atoms with Crippen LogP contribution in [0.5, 0.6) is 0 Å². The van der Waals surface area contributed by atoms with E-state index in [0.29, 0.717) is 11.3 Å². The number of para-hydroxylation sites is 1. The maximum absolute atomic E-state index is 9.00. The number of benzene rings is 2. The van der Waals surface area contributed by atoms with E-state index in [1.807, 2.05) is 25.2 Å². The van der Waals surface area contributed by atoms with Crippen molar-refractivity contribution in [2.75, 3.05) is 17.7 Å². The van der Waals surface area contributed by atoms with E-state index in [-0.39, 0.29) is 0 Å². The molecule has 0 aliphatic heterocycles. The van der Waals surface area contributed by atoms with Gasteiger partial charge in [0.2, 0.25) is 0 Å². The van der Waals surface area contributed by atoms with E-state index < -0.39 is 0 Å². The molecule has 0 heterocycles. The molecule has 0 saturated heterocycles. The minimum absolute atomic E-state index is 0.522. The van der Waals surface area contributed by atoms with Gasteiger partial charge in [-0.2, -0.15) is 5.26 Å². The zero-order valence-corrected chi connectivity index (χ0v) is 11.2. The fourth-order valence-corrected chi connectivity index (χ4v) is 2.15. The maximum atomic E-state index is 9.00. The van der Waals surface area contributed by atoms with Crippen LogP contribution in [0.15, 0.2) is 42.5 Å². The Balaban J connectivity index is 2.26. The fourth-order valence-electron chi connectivity index (χ4n) is 2.15. The highest BCUT2D eigenvalue weighted by atomic mass is 15.1. The van der Waals surface area contributed by atoms with Crippen LogP contribution in [0.2, 0.25) is 0 Å². The molecule has 0 saturated carbocycles. The van der Waals surface area contributed by atoms with Crippen LogP contribution < -0.4 is 10.6 Å². The Morgan fingerprint density at radius 3 is 2.63 bits per heavy atom. The first-order valence-corrected chi connectivity index (χ1v) is 6.17. The Morgan fingerprint density at radius 2 is 1.95 bits per heavy atom. The van der Waals surface area contributed by atoms with Crippen molar-refractivity contribution in [2.45, 2.75) is 13.5 Å². The lowest BCUT2D eigenvalue weighted by molar-refractivity contribution is 0.923. The van der Waals surface area contributed by atoms with Gasteiger partial charge in [0.1, 0.15) is 6.07 Å². The predicted octanol–water partition coefficient (Wildman–Crippen LogP) is 3.09. The third-order valence-corrected chi connectivity index (χ3v) is 3.12. The number of nitriles is 1. The largest absolute Gasteiger partial charge is 0.396 e. The van der Waals surface area contributed by atoms with E-state index in [2.05, 4.69) is 36.1 Å². The number of anilines is 2. The number of rotatable bonds is 3. The van der Waals surface area contributed by atoms with Gasteiger partial charge in [0.05, 0.1) is 16.9 Å². The van der Waals surface area contributed by atoms with Crippen LogP contribution in [0.1, 0.15) is 16.7 Å². The van der Waals surface area contributed by atoms with Crippen LogP contribution in [0, 0.1) is 18.3 Å². The lowest BCUT2D eigenvalue weighted by atomic mass is 10.1. The molecule has 96 valence electrons. The number of hydrogen-bond donors (Lipinski definition) is 1. The Kier molecular flexibility index (Phi) is 3.72. The van der Waals surface area contributed by atoms with Crippen molar-refractivity contribution < 1.29 is 0 Å². The minimum Gasteiger partial charge on any atom is -0.396 e. The van der Waals surface area contributed by atoms with Crippen LogP contribution in [0.25, 0.3) is 0 Å². The molecule has 0 fully saturated rings. The normalized spacial score (nSPS) is 9.95. The van der Waals surface area contributed by atoms with E-state index >= 15 is 0 Å². The van der Waals surface area contributed by atoms with Gasteiger partial charge in [-0.15, -0.1) is 0 Å². The van der Waals surface area contributed by atoms with Crippen LogP contribution in [0.3, 0.4) is 0 Å². The SMILES string of the molecule is Cc1cccc(CN(C)c2cccc(C#N)c2N)c1.